The highest BCUT2D eigenvalue weighted by atomic mass is 32.8. The summed E-state index contributed by atoms with van der Waals surface area (Å²) in [4.78, 5) is 0. The minimum Gasteiger partial charge on any atom is -0.301 e. The van der Waals surface area contributed by atoms with E-state index in [4.69, 9.17) is 11.5 Å². The van der Waals surface area contributed by atoms with Crippen LogP contribution < -0.4 is 11.5 Å². The number of rotatable bonds is 0. The molecule has 0 aromatic rings. The van der Waals surface area contributed by atoms with Crippen LogP contribution in [0.15, 0.2) is 0 Å². The van der Waals surface area contributed by atoms with Gasteiger partial charge >= 0.3 is 0 Å². The van der Waals surface area contributed by atoms with Gasteiger partial charge in [0.1, 0.15) is 4.74 Å². The fraction of sp³-hybridized carbons (Fsp3) is 1.00. The van der Waals surface area contributed by atoms with Crippen molar-refractivity contribution in [3.05, 3.63) is 0 Å². The highest BCUT2D eigenvalue weighted by Crippen LogP contribution is 2.63. The highest BCUT2D eigenvalue weighted by Gasteiger charge is 2.34. The SMILES string of the molecule is NC1(N)PS1. The number of hydrogen-bond donors (Lipinski definition) is 2. The van der Waals surface area contributed by atoms with Gasteiger partial charge < -0.3 is 11.5 Å². The van der Waals surface area contributed by atoms with Crippen molar-refractivity contribution in [3.63, 3.8) is 0 Å². The molecule has 1 rings (SSSR count). The second kappa shape index (κ2) is 0.850. The Morgan fingerprint density at radius 3 is 1.80 bits per heavy atom. The normalized spacial score (nSPS) is 34.8. The minimum atomic E-state index is -0.306. The first-order valence-corrected chi connectivity index (χ1v) is 3.78. The monoisotopic (exact) mass is 108 g/mol. The lowest BCUT2D eigenvalue weighted by Crippen LogP contribution is -2.28. The van der Waals surface area contributed by atoms with E-state index in [1.807, 2.05) is 0 Å². The Morgan fingerprint density at radius 2 is 1.80 bits per heavy atom. The number of nitrogens with two attached hydrogens (primary N) is 2. The maximum Gasteiger partial charge on any atom is 0.142 e. The van der Waals surface area contributed by atoms with E-state index in [-0.39, 0.29) is 4.74 Å². The third-order valence-electron chi connectivity index (χ3n) is 0.338. The van der Waals surface area contributed by atoms with Crippen molar-refractivity contribution in [2.24, 2.45) is 11.5 Å². The molecule has 1 aliphatic rings. The minimum absolute atomic E-state index is 0.306. The van der Waals surface area contributed by atoms with Crippen molar-refractivity contribution >= 4 is 19.2 Å². The molecule has 1 aliphatic heterocycles. The third kappa shape index (κ3) is 1.05. The molecule has 1 fully saturated rings. The molecule has 0 amide bonds. The zero-order valence-electron chi connectivity index (χ0n) is 2.56. The van der Waals surface area contributed by atoms with Crippen molar-refractivity contribution in [2.45, 2.75) is 4.74 Å². The van der Waals surface area contributed by atoms with Gasteiger partial charge in [0, 0.05) is 0 Å². The van der Waals surface area contributed by atoms with Crippen LogP contribution >= 0.6 is 19.2 Å². The zero-order chi connectivity index (χ0) is 3.91. The number of hydrogen-bond acceptors (Lipinski definition) is 3. The van der Waals surface area contributed by atoms with Gasteiger partial charge in [-0.1, -0.05) is 11.4 Å². The predicted octanol–water partition coefficient (Wildman–Crippen LogP) is -0.145. The zero-order valence-corrected chi connectivity index (χ0v) is 4.38. The Bertz CT molecular complexity index is 47.6. The van der Waals surface area contributed by atoms with E-state index in [9.17, 15) is 0 Å². The van der Waals surface area contributed by atoms with Crippen LogP contribution in [-0.2, 0) is 0 Å². The van der Waals surface area contributed by atoms with Crippen LogP contribution in [-0.4, -0.2) is 4.74 Å². The second-order valence-corrected chi connectivity index (χ2v) is 4.50. The molecule has 1 unspecified atom stereocenters. The van der Waals surface area contributed by atoms with Crippen molar-refractivity contribution in [2.75, 3.05) is 0 Å². The summed E-state index contributed by atoms with van der Waals surface area (Å²) in [7, 11) is 0.732. The standard InChI is InChI=1S/CH5N2PS/c2-1(3)4-5-1/h4H,2-3H2. The molecule has 4 N–H and O–H groups in total. The summed E-state index contributed by atoms with van der Waals surface area (Å²) in [5.41, 5.74) is 10.4. The third-order valence-corrected chi connectivity index (χ3v) is 3.04. The lowest BCUT2D eigenvalue weighted by molar-refractivity contribution is 0.943. The summed E-state index contributed by atoms with van der Waals surface area (Å²) >= 11 is 1.61. The molecule has 0 saturated carbocycles. The summed E-state index contributed by atoms with van der Waals surface area (Å²) < 4.78 is -0.306. The average molecular weight is 108 g/mol. The van der Waals surface area contributed by atoms with Crippen LogP contribution in [0.25, 0.3) is 0 Å². The first-order valence-electron chi connectivity index (χ1n) is 1.24. The largest absolute Gasteiger partial charge is 0.301 e. The van der Waals surface area contributed by atoms with E-state index in [1.54, 1.807) is 11.4 Å². The molecule has 30 valence electrons. The molecule has 0 aromatic carbocycles. The maximum atomic E-state index is 5.22. The molecule has 4 heteroatoms. The Hall–Kier alpha value is 0.700. The Labute approximate surface area is 36.2 Å². The smallest absolute Gasteiger partial charge is 0.142 e. The first-order chi connectivity index (χ1) is 2.21. The van der Waals surface area contributed by atoms with Crippen LogP contribution in [0.5, 0.6) is 0 Å². The van der Waals surface area contributed by atoms with E-state index < -0.39 is 0 Å². The van der Waals surface area contributed by atoms with Gasteiger partial charge in [0.05, 0.1) is 0 Å². The molecular formula is CH5N2PS. The van der Waals surface area contributed by atoms with Crippen LogP contribution in [0.2, 0.25) is 0 Å². The van der Waals surface area contributed by atoms with Crippen molar-refractivity contribution < 1.29 is 0 Å². The van der Waals surface area contributed by atoms with E-state index in [0.29, 0.717) is 0 Å². The predicted molar refractivity (Wildman–Crippen MR) is 27.0 cm³/mol. The molecule has 0 spiro atoms. The Kier molecular flexibility index (Phi) is 0.659. The lowest BCUT2D eigenvalue weighted by atomic mass is 11.2. The average Bonchev–Trinajstić information content (AvgIpc) is 1.76. The second-order valence-electron chi connectivity index (χ2n) is 0.997. The van der Waals surface area contributed by atoms with E-state index >= 15 is 0 Å². The van der Waals surface area contributed by atoms with Gasteiger partial charge in [-0.25, -0.2) is 0 Å². The van der Waals surface area contributed by atoms with Gasteiger partial charge in [-0.2, -0.15) is 0 Å². The van der Waals surface area contributed by atoms with Crippen LogP contribution in [0.4, 0.5) is 0 Å². The summed E-state index contributed by atoms with van der Waals surface area (Å²) in [6.45, 7) is 0. The highest BCUT2D eigenvalue weighted by molar-refractivity contribution is 8.66. The fourth-order valence-corrected chi connectivity index (χ4v) is 0.530. The molecular weight excluding hydrogens is 103 g/mol. The Morgan fingerprint density at radius 1 is 1.60 bits per heavy atom. The molecule has 0 bridgehead atoms. The molecule has 0 aliphatic carbocycles. The molecule has 0 radical (unpaired) electrons. The maximum absolute atomic E-state index is 5.22. The molecule has 0 aromatic heterocycles. The van der Waals surface area contributed by atoms with Gasteiger partial charge in [-0.05, 0) is 7.78 Å². The van der Waals surface area contributed by atoms with Gasteiger partial charge in [0.25, 0.3) is 0 Å². The van der Waals surface area contributed by atoms with Crippen molar-refractivity contribution in [1.29, 1.82) is 0 Å². The topological polar surface area (TPSA) is 52.0 Å². The fourth-order valence-electron chi connectivity index (χ4n) is 0.0589. The summed E-state index contributed by atoms with van der Waals surface area (Å²) in [5, 5.41) is 0. The van der Waals surface area contributed by atoms with Gasteiger partial charge in [-0.3, -0.25) is 0 Å². The van der Waals surface area contributed by atoms with Crippen LogP contribution in [0, 0.1) is 0 Å². The lowest BCUT2D eigenvalue weighted by Gasteiger charge is -1.86. The van der Waals surface area contributed by atoms with E-state index in [1.165, 1.54) is 0 Å². The van der Waals surface area contributed by atoms with Crippen LogP contribution in [0.1, 0.15) is 0 Å². The van der Waals surface area contributed by atoms with Gasteiger partial charge in [0.15, 0.2) is 0 Å². The summed E-state index contributed by atoms with van der Waals surface area (Å²) in [6.07, 6.45) is 0. The summed E-state index contributed by atoms with van der Waals surface area (Å²) in [5.74, 6) is 0. The van der Waals surface area contributed by atoms with E-state index in [0.717, 1.165) is 7.78 Å². The molecule has 1 heterocycles. The van der Waals surface area contributed by atoms with Gasteiger partial charge in [-0.15, -0.1) is 0 Å². The Balaban J connectivity index is 2.38. The van der Waals surface area contributed by atoms with Gasteiger partial charge in [0.2, 0.25) is 0 Å². The van der Waals surface area contributed by atoms with Crippen molar-refractivity contribution in [1.82, 2.24) is 0 Å². The quantitative estimate of drug-likeness (QED) is 0.258. The molecule has 1 atom stereocenters. The molecule has 2 nitrogen and oxygen atoms in total. The van der Waals surface area contributed by atoms with Crippen molar-refractivity contribution in [3.8, 4) is 0 Å². The summed E-state index contributed by atoms with van der Waals surface area (Å²) in [6, 6.07) is 0. The molecule has 1 saturated heterocycles. The van der Waals surface area contributed by atoms with Crippen LogP contribution in [0.3, 0.4) is 0 Å². The molecule has 5 heavy (non-hydrogen) atoms. The first kappa shape index (κ1) is 3.88. The van der Waals surface area contributed by atoms with E-state index in [2.05, 4.69) is 0 Å².